The lowest BCUT2D eigenvalue weighted by atomic mass is 9.97. The molecule has 1 aliphatic rings. The molecule has 0 spiro atoms. The highest BCUT2D eigenvalue weighted by molar-refractivity contribution is 5.76. The number of hydrogen-bond donors (Lipinski definition) is 0. The van der Waals surface area contributed by atoms with Gasteiger partial charge in [0.2, 0.25) is 11.8 Å². The number of nitrogens with zero attached hydrogens (tertiary/aromatic N) is 3. The van der Waals surface area contributed by atoms with Crippen LogP contribution in [0.5, 0.6) is 0 Å². The molecule has 0 saturated carbocycles. The first-order valence-corrected chi connectivity index (χ1v) is 8.34. The van der Waals surface area contributed by atoms with Gasteiger partial charge in [0.1, 0.15) is 0 Å². The second-order valence-corrected chi connectivity index (χ2v) is 6.20. The van der Waals surface area contributed by atoms with Crippen molar-refractivity contribution in [3.8, 4) is 0 Å². The second kappa shape index (κ2) is 7.40. The summed E-state index contributed by atoms with van der Waals surface area (Å²) in [5.74, 6) is 1.75. The molecule has 5 nitrogen and oxygen atoms in total. The van der Waals surface area contributed by atoms with E-state index in [4.69, 9.17) is 4.52 Å². The summed E-state index contributed by atoms with van der Waals surface area (Å²) in [7, 11) is 0. The van der Waals surface area contributed by atoms with E-state index in [-0.39, 0.29) is 11.8 Å². The maximum absolute atomic E-state index is 12.4. The standard InChI is InChI=1S/C18H23N3O2/c1-14-19-18(23-20-14)16-10-6-12-21(13-16)17(22)11-5-9-15-7-3-2-4-8-15/h2-4,7-8,16H,5-6,9-13H2,1H3. The number of aromatic nitrogens is 2. The lowest BCUT2D eigenvalue weighted by Gasteiger charge is -2.31. The van der Waals surface area contributed by atoms with Crippen LogP contribution < -0.4 is 0 Å². The molecule has 1 saturated heterocycles. The molecule has 1 amide bonds. The molecule has 1 unspecified atom stereocenters. The lowest BCUT2D eigenvalue weighted by molar-refractivity contribution is -0.132. The molecule has 23 heavy (non-hydrogen) atoms. The molecule has 1 atom stereocenters. The molecule has 3 rings (SSSR count). The molecule has 1 aromatic heterocycles. The topological polar surface area (TPSA) is 59.2 Å². The highest BCUT2D eigenvalue weighted by Crippen LogP contribution is 2.26. The number of benzene rings is 1. The molecule has 0 N–H and O–H groups in total. The summed E-state index contributed by atoms with van der Waals surface area (Å²) in [4.78, 5) is 18.7. The van der Waals surface area contributed by atoms with Gasteiger partial charge in [0, 0.05) is 19.5 Å². The van der Waals surface area contributed by atoms with Gasteiger partial charge in [-0.3, -0.25) is 4.79 Å². The van der Waals surface area contributed by atoms with Crippen molar-refractivity contribution in [3.63, 3.8) is 0 Å². The minimum absolute atomic E-state index is 0.183. The fourth-order valence-electron chi connectivity index (χ4n) is 3.13. The average Bonchev–Trinajstić information content (AvgIpc) is 3.02. The Morgan fingerprint density at radius 3 is 2.91 bits per heavy atom. The van der Waals surface area contributed by atoms with Crippen molar-refractivity contribution in [3.05, 3.63) is 47.6 Å². The van der Waals surface area contributed by atoms with Gasteiger partial charge in [-0.2, -0.15) is 4.98 Å². The van der Waals surface area contributed by atoms with Crippen molar-refractivity contribution < 1.29 is 9.32 Å². The van der Waals surface area contributed by atoms with E-state index in [0.717, 1.165) is 32.2 Å². The minimum atomic E-state index is 0.183. The molecule has 122 valence electrons. The van der Waals surface area contributed by atoms with Crippen LogP contribution in [0.4, 0.5) is 0 Å². The number of carbonyl (C=O) groups is 1. The first-order chi connectivity index (χ1) is 11.2. The number of piperidine rings is 1. The minimum Gasteiger partial charge on any atom is -0.342 e. The summed E-state index contributed by atoms with van der Waals surface area (Å²) in [5.41, 5.74) is 1.29. The zero-order valence-electron chi connectivity index (χ0n) is 13.6. The Hall–Kier alpha value is -2.17. The molecule has 0 radical (unpaired) electrons. The van der Waals surface area contributed by atoms with Gasteiger partial charge in [0.15, 0.2) is 5.82 Å². The van der Waals surface area contributed by atoms with Gasteiger partial charge in [-0.1, -0.05) is 35.5 Å². The molecule has 1 aliphatic heterocycles. The molecular formula is C18H23N3O2. The number of likely N-dealkylation sites (tertiary alicyclic amines) is 1. The summed E-state index contributed by atoms with van der Waals surface area (Å²) in [6.45, 7) is 3.36. The third-order valence-electron chi connectivity index (χ3n) is 4.37. The zero-order valence-corrected chi connectivity index (χ0v) is 13.6. The van der Waals surface area contributed by atoms with Gasteiger partial charge in [-0.25, -0.2) is 0 Å². The van der Waals surface area contributed by atoms with Crippen LogP contribution >= 0.6 is 0 Å². The van der Waals surface area contributed by atoms with E-state index < -0.39 is 0 Å². The molecule has 1 fully saturated rings. The Morgan fingerprint density at radius 2 is 2.17 bits per heavy atom. The summed E-state index contributed by atoms with van der Waals surface area (Å²) < 4.78 is 5.27. The highest BCUT2D eigenvalue weighted by atomic mass is 16.5. The van der Waals surface area contributed by atoms with Crippen LogP contribution in [0.1, 0.15) is 48.9 Å². The third-order valence-corrected chi connectivity index (χ3v) is 4.37. The Morgan fingerprint density at radius 1 is 1.35 bits per heavy atom. The predicted octanol–water partition coefficient (Wildman–Crippen LogP) is 3.11. The van der Waals surface area contributed by atoms with E-state index in [1.54, 1.807) is 0 Å². The summed E-state index contributed by atoms with van der Waals surface area (Å²) >= 11 is 0. The van der Waals surface area contributed by atoms with E-state index in [1.165, 1.54) is 5.56 Å². The normalized spacial score (nSPS) is 18.1. The Bertz CT molecular complexity index is 639. The van der Waals surface area contributed by atoms with Crippen LogP contribution in [-0.4, -0.2) is 34.0 Å². The van der Waals surface area contributed by atoms with Crippen LogP contribution in [0, 0.1) is 6.92 Å². The number of amides is 1. The van der Waals surface area contributed by atoms with Crippen LogP contribution in [0.15, 0.2) is 34.9 Å². The average molecular weight is 313 g/mol. The van der Waals surface area contributed by atoms with Gasteiger partial charge in [0.05, 0.1) is 5.92 Å². The summed E-state index contributed by atoms with van der Waals surface area (Å²) in [6.07, 6.45) is 4.45. The lowest BCUT2D eigenvalue weighted by Crippen LogP contribution is -2.39. The van der Waals surface area contributed by atoms with Crippen molar-refractivity contribution in [2.24, 2.45) is 0 Å². The Labute approximate surface area is 136 Å². The van der Waals surface area contributed by atoms with E-state index in [2.05, 4.69) is 22.3 Å². The monoisotopic (exact) mass is 313 g/mol. The predicted molar refractivity (Wildman–Crippen MR) is 87.0 cm³/mol. The number of hydrogen-bond acceptors (Lipinski definition) is 4. The van der Waals surface area contributed by atoms with Gasteiger partial charge in [-0.15, -0.1) is 0 Å². The van der Waals surface area contributed by atoms with Crippen molar-refractivity contribution in [2.45, 2.75) is 44.9 Å². The van der Waals surface area contributed by atoms with E-state index in [0.29, 0.717) is 24.7 Å². The quantitative estimate of drug-likeness (QED) is 0.851. The van der Waals surface area contributed by atoms with Gasteiger partial charge in [0.25, 0.3) is 0 Å². The van der Waals surface area contributed by atoms with Crippen molar-refractivity contribution in [1.82, 2.24) is 15.0 Å². The zero-order chi connectivity index (χ0) is 16.1. The van der Waals surface area contributed by atoms with E-state index >= 15 is 0 Å². The molecule has 2 aromatic rings. The van der Waals surface area contributed by atoms with E-state index in [9.17, 15) is 4.79 Å². The van der Waals surface area contributed by atoms with Crippen LogP contribution in [0.3, 0.4) is 0 Å². The van der Waals surface area contributed by atoms with Crippen LogP contribution in [-0.2, 0) is 11.2 Å². The van der Waals surface area contributed by atoms with Crippen molar-refractivity contribution >= 4 is 5.91 Å². The fourth-order valence-corrected chi connectivity index (χ4v) is 3.13. The highest BCUT2D eigenvalue weighted by Gasteiger charge is 2.27. The Balaban J connectivity index is 1.49. The molecule has 0 bridgehead atoms. The van der Waals surface area contributed by atoms with Gasteiger partial charge < -0.3 is 9.42 Å². The SMILES string of the molecule is Cc1noc(C2CCCN(C(=O)CCCc3ccccc3)C2)n1. The van der Waals surface area contributed by atoms with Gasteiger partial charge >= 0.3 is 0 Å². The molecule has 1 aromatic carbocycles. The largest absolute Gasteiger partial charge is 0.342 e. The summed E-state index contributed by atoms with van der Waals surface area (Å²) in [6, 6.07) is 10.3. The molecular weight excluding hydrogens is 290 g/mol. The number of rotatable bonds is 5. The van der Waals surface area contributed by atoms with Crippen molar-refractivity contribution in [2.75, 3.05) is 13.1 Å². The maximum atomic E-state index is 12.4. The third kappa shape index (κ3) is 4.18. The maximum Gasteiger partial charge on any atom is 0.231 e. The van der Waals surface area contributed by atoms with Crippen molar-refractivity contribution in [1.29, 1.82) is 0 Å². The first-order valence-electron chi connectivity index (χ1n) is 8.34. The Kier molecular flexibility index (Phi) is 5.05. The summed E-state index contributed by atoms with van der Waals surface area (Å²) in [5, 5.41) is 3.86. The second-order valence-electron chi connectivity index (χ2n) is 6.20. The first kappa shape index (κ1) is 15.7. The molecule has 0 aliphatic carbocycles. The molecule has 5 heteroatoms. The number of aryl methyl sites for hydroxylation is 2. The van der Waals surface area contributed by atoms with Crippen LogP contribution in [0.25, 0.3) is 0 Å². The van der Waals surface area contributed by atoms with Crippen LogP contribution in [0.2, 0.25) is 0 Å². The number of carbonyl (C=O) groups excluding carboxylic acids is 1. The fraction of sp³-hybridized carbons (Fsp3) is 0.500. The van der Waals surface area contributed by atoms with Gasteiger partial charge in [-0.05, 0) is 38.2 Å². The van der Waals surface area contributed by atoms with E-state index in [1.807, 2.05) is 30.0 Å². The molecule has 2 heterocycles. The smallest absolute Gasteiger partial charge is 0.231 e.